The molecule has 0 aliphatic rings. The molecule has 1 aromatic carbocycles. The third kappa shape index (κ3) is 3.27. The lowest BCUT2D eigenvalue weighted by Gasteiger charge is -2.27. The Morgan fingerprint density at radius 1 is 1.44 bits per heavy atom. The number of anilines is 1. The molecule has 0 bridgehead atoms. The second-order valence-electron chi connectivity index (χ2n) is 4.19. The molecule has 0 heterocycles. The van der Waals surface area contributed by atoms with Crippen molar-refractivity contribution >= 4 is 5.69 Å². The number of hydrogen-bond acceptors (Lipinski definition) is 2. The summed E-state index contributed by atoms with van der Waals surface area (Å²) in [6, 6.07) is 10.6. The highest BCUT2D eigenvalue weighted by molar-refractivity contribution is 5.50. The molecule has 16 heavy (non-hydrogen) atoms. The minimum atomic E-state index is -0.0617. The van der Waals surface area contributed by atoms with Crippen molar-refractivity contribution < 1.29 is 0 Å². The summed E-state index contributed by atoms with van der Waals surface area (Å²) >= 11 is 0. The molecule has 0 amide bonds. The van der Waals surface area contributed by atoms with Gasteiger partial charge >= 0.3 is 0 Å². The Labute approximate surface area is 98.5 Å². The normalized spacial score (nSPS) is 11.9. The highest BCUT2D eigenvalue weighted by Crippen LogP contribution is 2.19. The van der Waals surface area contributed by atoms with E-state index in [2.05, 4.69) is 43.0 Å². The highest BCUT2D eigenvalue weighted by Gasteiger charge is 2.12. The lowest BCUT2D eigenvalue weighted by Crippen LogP contribution is -2.32. The molecule has 2 heteroatoms. The van der Waals surface area contributed by atoms with E-state index in [1.54, 1.807) is 0 Å². The molecule has 1 atom stereocenters. The summed E-state index contributed by atoms with van der Waals surface area (Å²) in [5.74, 6) is 0. The lowest BCUT2D eigenvalue weighted by molar-refractivity contribution is 0.685. The van der Waals surface area contributed by atoms with Crippen molar-refractivity contribution in [2.75, 3.05) is 11.4 Å². The smallest absolute Gasteiger partial charge is 0.114 e. The number of nitrogens with zero attached hydrogens (tertiary/aromatic N) is 2. The van der Waals surface area contributed by atoms with E-state index >= 15 is 0 Å². The SMILES string of the molecule is CCCCN(c1cccc(C)c1)C(C)C#N. The zero-order valence-electron chi connectivity index (χ0n) is 10.4. The summed E-state index contributed by atoms with van der Waals surface area (Å²) in [4.78, 5) is 2.18. The minimum Gasteiger partial charge on any atom is -0.356 e. The van der Waals surface area contributed by atoms with Gasteiger partial charge in [0.25, 0.3) is 0 Å². The molecule has 0 aromatic heterocycles. The minimum absolute atomic E-state index is 0.0617. The number of benzene rings is 1. The van der Waals surface area contributed by atoms with Crippen LogP contribution in [0.1, 0.15) is 32.3 Å². The van der Waals surface area contributed by atoms with Crippen molar-refractivity contribution in [3.8, 4) is 6.07 Å². The molecule has 0 spiro atoms. The van der Waals surface area contributed by atoms with Crippen LogP contribution < -0.4 is 4.90 Å². The van der Waals surface area contributed by atoms with Crippen LogP contribution in [0.5, 0.6) is 0 Å². The number of nitriles is 1. The van der Waals surface area contributed by atoms with E-state index in [0.717, 1.165) is 25.1 Å². The molecule has 0 aliphatic heterocycles. The number of rotatable bonds is 5. The van der Waals surface area contributed by atoms with Gasteiger partial charge in [-0.15, -0.1) is 0 Å². The van der Waals surface area contributed by atoms with E-state index in [1.807, 2.05) is 13.0 Å². The third-order valence-electron chi connectivity index (χ3n) is 2.74. The molecule has 0 fully saturated rings. The molecule has 86 valence electrons. The van der Waals surface area contributed by atoms with Crippen LogP contribution in [0.15, 0.2) is 24.3 Å². The van der Waals surface area contributed by atoms with Gasteiger partial charge in [0, 0.05) is 12.2 Å². The molecule has 2 nitrogen and oxygen atoms in total. The van der Waals surface area contributed by atoms with Crippen molar-refractivity contribution in [3.63, 3.8) is 0 Å². The fraction of sp³-hybridized carbons (Fsp3) is 0.500. The maximum Gasteiger partial charge on any atom is 0.114 e. The van der Waals surface area contributed by atoms with E-state index in [9.17, 15) is 0 Å². The standard InChI is InChI=1S/C14H20N2/c1-4-5-9-16(13(3)11-15)14-8-6-7-12(2)10-14/h6-8,10,13H,4-5,9H2,1-3H3. The molecule has 0 saturated carbocycles. The molecular formula is C14H20N2. The second-order valence-corrected chi connectivity index (χ2v) is 4.19. The van der Waals surface area contributed by atoms with Gasteiger partial charge in [0.05, 0.1) is 6.07 Å². The van der Waals surface area contributed by atoms with Gasteiger partial charge in [-0.1, -0.05) is 25.5 Å². The van der Waals surface area contributed by atoms with Crippen LogP contribution >= 0.6 is 0 Å². The third-order valence-corrected chi connectivity index (χ3v) is 2.74. The van der Waals surface area contributed by atoms with E-state index in [0.29, 0.717) is 0 Å². The van der Waals surface area contributed by atoms with Gasteiger partial charge in [0.2, 0.25) is 0 Å². The summed E-state index contributed by atoms with van der Waals surface area (Å²) in [5, 5.41) is 9.04. The Balaban J connectivity index is 2.88. The first-order chi connectivity index (χ1) is 7.69. The second kappa shape index (κ2) is 6.17. The zero-order chi connectivity index (χ0) is 12.0. The Morgan fingerprint density at radius 3 is 2.75 bits per heavy atom. The monoisotopic (exact) mass is 216 g/mol. The summed E-state index contributed by atoms with van der Waals surface area (Å²) in [6.45, 7) is 7.16. The van der Waals surface area contributed by atoms with Crippen molar-refractivity contribution in [3.05, 3.63) is 29.8 Å². The fourth-order valence-corrected chi connectivity index (χ4v) is 1.75. The first-order valence-electron chi connectivity index (χ1n) is 5.92. The molecule has 0 radical (unpaired) electrons. The fourth-order valence-electron chi connectivity index (χ4n) is 1.75. The van der Waals surface area contributed by atoms with Gasteiger partial charge in [0.1, 0.15) is 6.04 Å². The molecule has 1 aromatic rings. The van der Waals surface area contributed by atoms with Gasteiger partial charge in [-0.2, -0.15) is 5.26 Å². The molecule has 0 saturated heterocycles. The van der Waals surface area contributed by atoms with Crippen LogP contribution in [0.2, 0.25) is 0 Å². The van der Waals surface area contributed by atoms with Crippen molar-refractivity contribution in [2.45, 2.75) is 39.7 Å². The molecule has 1 rings (SSSR count). The van der Waals surface area contributed by atoms with Crippen LogP contribution in [0.4, 0.5) is 5.69 Å². The maximum atomic E-state index is 9.04. The number of unbranched alkanes of at least 4 members (excludes halogenated alkanes) is 1. The van der Waals surface area contributed by atoms with Crippen LogP contribution in [0.25, 0.3) is 0 Å². The van der Waals surface area contributed by atoms with E-state index in [1.165, 1.54) is 5.56 Å². The predicted octanol–water partition coefficient (Wildman–Crippen LogP) is 3.51. The van der Waals surface area contributed by atoms with Crippen LogP contribution in [-0.4, -0.2) is 12.6 Å². The summed E-state index contributed by atoms with van der Waals surface area (Å²) < 4.78 is 0. The summed E-state index contributed by atoms with van der Waals surface area (Å²) in [5.41, 5.74) is 2.40. The number of hydrogen-bond donors (Lipinski definition) is 0. The van der Waals surface area contributed by atoms with E-state index in [4.69, 9.17) is 5.26 Å². The summed E-state index contributed by atoms with van der Waals surface area (Å²) in [6.07, 6.45) is 2.28. The Kier molecular flexibility index (Phi) is 4.85. The van der Waals surface area contributed by atoms with Gasteiger partial charge in [-0.3, -0.25) is 0 Å². The van der Waals surface area contributed by atoms with Gasteiger partial charge in [-0.25, -0.2) is 0 Å². The van der Waals surface area contributed by atoms with Crippen molar-refractivity contribution in [2.24, 2.45) is 0 Å². The van der Waals surface area contributed by atoms with Gasteiger partial charge in [-0.05, 0) is 38.0 Å². The Hall–Kier alpha value is -1.49. The molecule has 0 N–H and O–H groups in total. The average Bonchev–Trinajstić information content (AvgIpc) is 2.29. The van der Waals surface area contributed by atoms with Crippen molar-refractivity contribution in [1.82, 2.24) is 0 Å². The molecule has 0 aliphatic carbocycles. The topological polar surface area (TPSA) is 27.0 Å². The molecular weight excluding hydrogens is 196 g/mol. The average molecular weight is 216 g/mol. The zero-order valence-corrected chi connectivity index (χ0v) is 10.4. The first-order valence-corrected chi connectivity index (χ1v) is 5.92. The maximum absolute atomic E-state index is 9.04. The first kappa shape index (κ1) is 12.6. The van der Waals surface area contributed by atoms with E-state index < -0.39 is 0 Å². The van der Waals surface area contributed by atoms with E-state index in [-0.39, 0.29) is 6.04 Å². The Bertz CT molecular complexity index is 365. The van der Waals surface area contributed by atoms with Gasteiger partial charge < -0.3 is 4.90 Å². The quantitative estimate of drug-likeness (QED) is 0.753. The van der Waals surface area contributed by atoms with Gasteiger partial charge in [0.15, 0.2) is 0 Å². The highest BCUT2D eigenvalue weighted by atomic mass is 15.2. The predicted molar refractivity (Wildman–Crippen MR) is 68.5 cm³/mol. The molecule has 1 unspecified atom stereocenters. The van der Waals surface area contributed by atoms with Crippen LogP contribution in [0.3, 0.4) is 0 Å². The van der Waals surface area contributed by atoms with Crippen LogP contribution in [0, 0.1) is 18.3 Å². The largest absolute Gasteiger partial charge is 0.356 e. The van der Waals surface area contributed by atoms with Crippen molar-refractivity contribution in [1.29, 1.82) is 5.26 Å². The number of aryl methyl sites for hydroxylation is 1. The van der Waals surface area contributed by atoms with Crippen LogP contribution in [-0.2, 0) is 0 Å². The lowest BCUT2D eigenvalue weighted by atomic mass is 10.1. The summed E-state index contributed by atoms with van der Waals surface area (Å²) in [7, 11) is 0. The Morgan fingerprint density at radius 2 is 2.19 bits per heavy atom.